The van der Waals surface area contributed by atoms with Gasteiger partial charge in [-0.25, -0.2) is 4.98 Å². The lowest BCUT2D eigenvalue weighted by Gasteiger charge is -2.14. The molecule has 0 bridgehead atoms. The van der Waals surface area contributed by atoms with E-state index in [-0.39, 0.29) is 5.91 Å². The van der Waals surface area contributed by atoms with Crippen LogP contribution in [0.5, 0.6) is 5.75 Å². The van der Waals surface area contributed by atoms with Crippen LogP contribution >= 0.6 is 57.7 Å². The molecule has 0 aliphatic rings. The molecule has 1 N–H and O–H groups in total. The van der Waals surface area contributed by atoms with E-state index in [0.717, 1.165) is 0 Å². The van der Waals surface area contributed by atoms with Gasteiger partial charge in [0.1, 0.15) is 5.75 Å². The molecule has 0 saturated heterocycles. The second-order valence-electron chi connectivity index (χ2n) is 5.49. The first-order valence-corrected chi connectivity index (χ1v) is 10.1. The van der Waals surface area contributed by atoms with Crippen LogP contribution in [0, 0.1) is 0 Å². The summed E-state index contributed by atoms with van der Waals surface area (Å²) >= 11 is 25.4. The number of carbonyl (C=O) groups is 1. The number of thiazole rings is 1. The van der Waals surface area contributed by atoms with Crippen LogP contribution in [0.1, 0.15) is 6.92 Å². The summed E-state index contributed by atoms with van der Waals surface area (Å²) < 4.78 is 5.60. The normalized spacial score (nSPS) is 11.9. The number of halogens is 4. The fraction of sp³-hybridized carbons (Fsp3) is 0.111. The molecule has 3 aromatic rings. The Morgan fingerprint density at radius 3 is 2.52 bits per heavy atom. The van der Waals surface area contributed by atoms with Gasteiger partial charge in [-0.3, -0.25) is 10.1 Å². The first-order chi connectivity index (χ1) is 12.8. The Morgan fingerprint density at radius 2 is 1.78 bits per heavy atom. The molecule has 0 saturated carbocycles. The second kappa shape index (κ2) is 8.67. The molecule has 1 amide bonds. The molecule has 9 heteroatoms. The fourth-order valence-electron chi connectivity index (χ4n) is 2.17. The molecule has 1 aromatic heterocycles. The quantitative estimate of drug-likeness (QED) is 0.452. The van der Waals surface area contributed by atoms with Crippen LogP contribution in [0.25, 0.3) is 11.3 Å². The SMILES string of the molecule is C[C@@H](Oc1ccc(Cl)cc1Cl)C(=O)Nc1nc(-c2cc(Cl)ccc2Cl)cs1. The number of rotatable bonds is 5. The molecule has 0 radical (unpaired) electrons. The Balaban J connectivity index is 1.69. The summed E-state index contributed by atoms with van der Waals surface area (Å²) in [6.07, 6.45) is -0.786. The molecule has 0 aliphatic carbocycles. The van der Waals surface area contributed by atoms with Crippen LogP contribution in [-0.2, 0) is 4.79 Å². The number of ether oxygens (including phenoxy) is 1. The highest BCUT2D eigenvalue weighted by Crippen LogP contribution is 2.33. The fourth-order valence-corrected chi connectivity index (χ4v) is 3.72. The molecule has 0 unspecified atom stereocenters. The zero-order valence-electron chi connectivity index (χ0n) is 13.8. The average Bonchev–Trinajstić information content (AvgIpc) is 3.07. The van der Waals surface area contributed by atoms with E-state index in [4.69, 9.17) is 51.1 Å². The molecule has 3 rings (SSSR count). The maximum atomic E-state index is 12.4. The van der Waals surface area contributed by atoms with Crippen LogP contribution in [0.3, 0.4) is 0 Å². The summed E-state index contributed by atoms with van der Waals surface area (Å²) in [6.45, 7) is 1.61. The van der Waals surface area contributed by atoms with Crippen LogP contribution in [-0.4, -0.2) is 17.0 Å². The van der Waals surface area contributed by atoms with Crippen molar-refractivity contribution in [2.75, 3.05) is 5.32 Å². The molecule has 4 nitrogen and oxygen atoms in total. The smallest absolute Gasteiger partial charge is 0.266 e. The summed E-state index contributed by atoms with van der Waals surface area (Å²) in [7, 11) is 0. The lowest BCUT2D eigenvalue weighted by molar-refractivity contribution is -0.122. The van der Waals surface area contributed by atoms with Crippen LogP contribution in [0.15, 0.2) is 41.8 Å². The minimum absolute atomic E-state index is 0.328. The zero-order valence-corrected chi connectivity index (χ0v) is 17.6. The number of anilines is 1. The molecule has 27 heavy (non-hydrogen) atoms. The van der Waals surface area contributed by atoms with Crippen molar-refractivity contribution in [3.8, 4) is 17.0 Å². The topological polar surface area (TPSA) is 51.2 Å². The van der Waals surface area contributed by atoms with Gasteiger partial charge in [0.2, 0.25) is 0 Å². The van der Waals surface area contributed by atoms with Crippen molar-refractivity contribution in [2.24, 2.45) is 0 Å². The van der Waals surface area contributed by atoms with Crippen LogP contribution in [0.4, 0.5) is 5.13 Å². The number of amides is 1. The van der Waals surface area contributed by atoms with Crippen LogP contribution in [0.2, 0.25) is 20.1 Å². The predicted molar refractivity (Wildman–Crippen MR) is 113 cm³/mol. The third kappa shape index (κ3) is 5.06. The molecule has 0 spiro atoms. The number of hydrogen-bond acceptors (Lipinski definition) is 4. The lowest BCUT2D eigenvalue weighted by atomic mass is 10.2. The lowest BCUT2D eigenvalue weighted by Crippen LogP contribution is -2.30. The second-order valence-corrected chi connectivity index (χ2v) is 8.03. The molecule has 2 aromatic carbocycles. The number of hydrogen-bond donors (Lipinski definition) is 1. The van der Waals surface area contributed by atoms with E-state index >= 15 is 0 Å². The standard InChI is InChI=1S/C18H12Cl4N2O2S/c1-9(26-16-5-3-11(20)7-14(16)22)17(25)24-18-23-15(8-27-18)12-6-10(19)2-4-13(12)21/h2-9H,1H3,(H,23,24,25)/t9-/m1/s1. The molecule has 1 atom stereocenters. The van der Waals surface area contributed by atoms with E-state index in [2.05, 4.69) is 10.3 Å². The van der Waals surface area contributed by atoms with Crippen molar-refractivity contribution in [2.45, 2.75) is 13.0 Å². The average molecular weight is 462 g/mol. The third-order valence-corrected chi connectivity index (χ3v) is 5.36. The Kier molecular flexibility index (Phi) is 6.50. The van der Waals surface area contributed by atoms with E-state index < -0.39 is 6.10 Å². The number of nitrogens with zero attached hydrogens (tertiary/aromatic N) is 1. The number of benzene rings is 2. The van der Waals surface area contributed by atoms with Gasteiger partial charge in [-0.15, -0.1) is 11.3 Å². The number of aromatic nitrogens is 1. The maximum absolute atomic E-state index is 12.4. The predicted octanol–water partition coefficient (Wildman–Crippen LogP) is 6.83. The van der Waals surface area contributed by atoms with Crippen molar-refractivity contribution < 1.29 is 9.53 Å². The van der Waals surface area contributed by atoms with Gasteiger partial charge in [0, 0.05) is 21.0 Å². The van der Waals surface area contributed by atoms with E-state index in [1.54, 1.807) is 48.7 Å². The number of nitrogens with one attached hydrogen (secondary N) is 1. The summed E-state index contributed by atoms with van der Waals surface area (Å²) in [5.74, 6) is 0.00774. The van der Waals surface area contributed by atoms with E-state index in [9.17, 15) is 4.79 Å². The minimum Gasteiger partial charge on any atom is -0.479 e. The molecule has 140 valence electrons. The van der Waals surface area contributed by atoms with E-state index in [1.807, 2.05) is 0 Å². The van der Waals surface area contributed by atoms with Gasteiger partial charge in [0.15, 0.2) is 11.2 Å². The minimum atomic E-state index is -0.786. The van der Waals surface area contributed by atoms with Crippen molar-refractivity contribution in [1.82, 2.24) is 4.98 Å². The largest absolute Gasteiger partial charge is 0.479 e. The summed E-state index contributed by atoms with van der Waals surface area (Å²) in [5.41, 5.74) is 1.32. The van der Waals surface area contributed by atoms with Crippen molar-refractivity contribution in [3.63, 3.8) is 0 Å². The third-order valence-electron chi connectivity index (χ3n) is 3.51. The Bertz CT molecular complexity index is 993. The summed E-state index contributed by atoms with van der Waals surface area (Å²) in [4.78, 5) is 16.8. The first kappa shape index (κ1) is 20.2. The maximum Gasteiger partial charge on any atom is 0.266 e. The van der Waals surface area contributed by atoms with Crippen molar-refractivity contribution >= 4 is 68.8 Å². The molecule has 1 heterocycles. The Labute approximate surface area is 180 Å². The van der Waals surface area contributed by atoms with E-state index in [1.165, 1.54) is 11.3 Å². The zero-order chi connectivity index (χ0) is 19.6. The number of carbonyl (C=O) groups excluding carboxylic acids is 1. The van der Waals surface area contributed by atoms with Gasteiger partial charge in [-0.1, -0.05) is 46.4 Å². The molecule has 0 fully saturated rings. The van der Waals surface area contributed by atoms with Gasteiger partial charge in [-0.2, -0.15) is 0 Å². The van der Waals surface area contributed by atoms with Crippen molar-refractivity contribution in [1.29, 1.82) is 0 Å². The first-order valence-electron chi connectivity index (χ1n) is 7.67. The highest BCUT2D eigenvalue weighted by molar-refractivity contribution is 7.14. The molecule has 0 aliphatic heterocycles. The van der Waals surface area contributed by atoms with Gasteiger partial charge < -0.3 is 4.74 Å². The Hall–Kier alpha value is -1.50. The monoisotopic (exact) mass is 460 g/mol. The highest BCUT2D eigenvalue weighted by atomic mass is 35.5. The van der Waals surface area contributed by atoms with Crippen molar-refractivity contribution in [3.05, 3.63) is 61.9 Å². The van der Waals surface area contributed by atoms with Crippen LogP contribution < -0.4 is 10.1 Å². The molecular formula is C18H12Cl4N2O2S. The Morgan fingerprint density at radius 1 is 1.07 bits per heavy atom. The van der Waals surface area contributed by atoms with E-state index in [0.29, 0.717) is 42.2 Å². The van der Waals surface area contributed by atoms with Gasteiger partial charge in [0.25, 0.3) is 5.91 Å². The van der Waals surface area contributed by atoms with Gasteiger partial charge in [-0.05, 0) is 43.3 Å². The highest BCUT2D eigenvalue weighted by Gasteiger charge is 2.18. The van der Waals surface area contributed by atoms with Gasteiger partial charge >= 0.3 is 0 Å². The summed E-state index contributed by atoms with van der Waals surface area (Å²) in [6, 6.07) is 9.90. The van der Waals surface area contributed by atoms with Gasteiger partial charge in [0.05, 0.1) is 15.7 Å². The summed E-state index contributed by atoms with van der Waals surface area (Å²) in [5, 5.41) is 6.81. The molecular weight excluding hydrogens is 450 g/mol.